The Bertz CT molecular complexity index is 861. The van der Waals surface area contributed by atoms with Crippen LogP contribution in [0.15, 0.2) is 60.7 Å². The molecular formula is C26H35N3O4. The van der Waals surface area contributed by atoms with Crippen LogP contribution in [0.25, 0.3) is 0 Å². The summed E-state index contributed by atoms with van der Waals surface area (Å²) in [5.41, 5.74) is 0.384. The van der Waals surface area contributed by atoms with Gasteiger partial charge in [0.2, 0.25) is 5.54 Å². The van der Waals surface area contributed by atoms with Gasteiger partial charge in [-0.2, -0.15) is 0 Å². The maximum atomic E-state index is 12.5. The third kappa shape index (κ3) is 7.65. The van der Waals surface area contributed by atoms with E-state index < -0.39 is 17.1 Å². The van der Waals surface area contributed by atoms with E-state index in [1.54, 1.807) is 0 Å². The van der Waals surface area contributed by atoms with Crippen LogP contribution in [0.2, 0.25) is 0 Å². The Hall–Kier alpha value is -2.77. The Morgan fingerprint density at radius 1 is 0.939 bits per heavy atom. The summed E-state index contributed by atoms with van der Waals surface area (Å²) in [4.78, 5) is 29.1. The third-order valence-corrected chi connectivity index (χ3v) is 5.87. The Morgan fingerprint density at radius 2 is 1.39 bits per heavy atom. The van der Waals surface area contributed by atoms with Crippen LogP contribution in [0.5, 0.6) is 0 Å². The zero-order chi connectivity index (χ0) is 23.9. The van der Waals surface area contributed by atoms with Gasteiger partial charge in [-0.3, -0.25) is 24.7 Å². The lowest BCUT2D eigenvalue weighted by Gasteiger charge is -2.31. The Morgan fingerprint density at radius 3 is 1.79 bits per heavy atom. The molecule has 1 heterocycles. The van der Waals surface area contributed by atoms with Crippen molar-refractivity contribution in [2.24, 2.45) is 0 Å². The highest BCUT2D eigenvalue weighted by atomic mass is 16.6. The van der Waals surface area contributed by atoms with Gasteiger partial charge in [-0.05, 0) is 31.9 Å². The highest BCUT2D eigenvalue weighted by Gasteiger charge is 2.47. The van der Waals surface area contributed by atoms with E-state index in [9.17, 15) is 14.9 Å². The number of benzene rings is 2. The molecule has 0 aliphatic carbocycles. The van der Waals surface area contributed by atoms with E-state index in [0.29, 0.717) is 26.2 Å². The number of rotatable bonds is 8. The van der Waals surface area contributed by atoms with Crippen molar-refractivity contribution in [3.63, 3.8) is 0 Å². The van der Waals surface area contributed by atoms with Crippen LogP contribution in [-0.2, 0) is 22.6 Å². The third-order valence-electron chi connectivity index (χ3n) is 5.87. The van der Waals surface area contributed by atoms with Gasteiger partial charge in [0.05, 0.1) is 19.5 Å². The van der Waals surface area contributed by atoms with Crippen molar-refractivity contribution in [1.29, 1.82) is 0 Å². The minimum Gasteiger partial charge on any atom is -0.460 e. The summed E-state index contributed by atoms with van der Waals surface area (Å²) in [6, 6.07) is 20.0. The van der Waals surface area contributed by atoms with Crippen molar-refractivity contribution in [3.05, 3.63) is 81.9 Å². The van der Waals surface area contributed by atoms with Crippen molar-refractivity contribution in [2.45, 2.75) is 57.8 Å². The number of nitrogens with zero attached hydrogens (tertiary/aromatic N) is 3. The number of hydrogen-bond donors (Lipinski definition) is 0. The van der Waals surface area contributed by atoms with Gasteiger partial charge < -0.3 is 4.74 Å². The summed E-state index contributed by atoms with van der Waals surface area (Å²) >= 11 is 0. The number of nitro groups is 1. The molecule has 0 atom stereocenters. The van der Waals surface area contributed by atoms with Crippen LogP contribution in [0.1, 0.15) is 44.7 Å². The number of hydrogen-bond acceptors (Lipinski definition) is 6. The molecule has 7 heteroatoms. The molecule has 1 aliphatic heterocycles. The fraction of sp³-hybridized carbons (Fsp3) is 0.500. The topological polar surface area (TPSA) is 75.9 Å². The van der Waals surface area contributed by atoms with Crippen LogP contribution < -0.4 is 0 Å². The highest BCUT2D eigenvalue weighted by molar-refractivity contribution is 5.69. The van der Waals surface area contributed by atoms with Gasteiger partial charge in [0.1, 0.15) is 5.60 Å². The predicted molar refractivity (Wildman–Crippen MR) is 128 cm³/mol. The molecule has 0 amide bonds. The van der Waals surface area contributed by atoms with E-state index in [1.165, 1.54) is 0 Å². The van der Waals surface area contributed by atoms with Crippen molar-refractivity contribution < 1.29 is 14.5 Å². The minimum absolute atomic E-state index is 0.0244. The van der Waals surface area contributed by atoms with Crippen molar-refractivity contribution in [1.82, 2.24) is 9.80 Å². The van der Waals surface area contributed by atoms with E-state index in [2.05, 4.69) is 9.80 Å². The Kier molecular flexibility index (Phi) is 8.21. The number of carbonyl (C=O) groups excluding carboxylic acids is 1. The Labute approximate surface area is 196 Å². The molecule has 0 unspecified atom stereocenters. The first-order valence-electron chi connectivity index (χ1n) is 11.5. The fourth-order valence-corrected chi connectivity index (χ4v) is 4.37. The molecular weight excluding hydrogens is 418 g/mol. The summed E-state index contributed by atoms with van der Waals surface area (Å²) in [7, 11) is 0. The molecule has 33 heavy (non-hydrogen) atoms. The summed E-state index contributed by atoms with van der Waals surface area (Å²) < 4.78 is 5.44. The number of esters is 1. The van der Waals surface area contributed by atoms with E-state index in [1.807, 2.05) is 81.4 Å². The summed E-state index contributed by atoms with van der Waals surface area (Å²) in [5.74, 6) is -0.391. The second-order valence-corrected chi connectivity index (χ2v) is 9.96. The smallest absolute Gasteiger partial charge is 0.306 e. The summed E-state index contributed by atoms with van der Waals surface area (Å²) in [6.07, 6.45) is 0.169. The molecule has 1 aliphatic rings. The van der Waals surface area contributed by atoms with Gasteiger partial charge in [-0.15, -0.1) is 0 Å². The van der Waals surface area contributed by atoms with E-state index in [0.717, 1.165) is 24.2 Å². The second-order valence-electron chi connectivity index (χ2n) is 9.96. The largest absolute Gasteiger partial charge is 0.460 e. The first-order chi connectivity index (χ1) is 15.7. The molecule has 0 saturated carbocycles. The van der Waals surface area contributed by atoms with E-state index >= 15 is 0 Å². The molecule has 0 radical (unpaired) electrons. The quantitative estimate of drug-likeness (QED) is 0.340. The van der Waals surface area contributed by atoms with Gasteiger partial charge in [0.15, 0.2) is 0 Å². The maximum absolute atomic E-state index is 12.5. The number of carbonyl (C=O) groups is 1. The molecule has 0 N–H and O–H groups in total. The average molecular weight is 454 g/mol. The molecule has 1 fully saturated rings. The molecule has 2 aromatic carbocycles. The van der Waals surface area contributed by atoms with Crippen LogP contribution in [0.4, 0.5) is 0 Å². The molecule has 178 valence electrons. The average Bonchev–Trinajstić information content (AvgIpc) is 2.93. The lowest BCUT2D eigenvalue weighted by Crippen LogP contribution is -2.53. The van der Waals surface area contributed by atoms with E-state index in [4.69, 9.17) is 4.74 Å². The van der Waals surface area contributed by atoms with Crippen LogP contribution in [0, 0.1) is 10.1 Å². The first-order valence-corrected chi connectivity index (χ1v) is 11.5. The lowest BCUT2D eigenvalue weighted by atomic mass is 9.92. The molecule has 0 bridgehead atoms. The minimum atomic E-state index is -1.25. The summed E-state index contributed by atoms with van der Waals surface area (Å²) in [5, 5.41) is 12.5. The molecule has 0 spiro atoms. The SMILES string of the molecule is CC(C)(C)OC(=O)CCC1([N+](=O)[O-])CN(Cc2ccccc2)CCN(Cc2ccccc2)C1. The Balaban J connectivity index is 1.82. The van der Waals surface area contributed by atoms with Crippen molar-refractivity contribution in [2.75, 3.05) is 26.2 Å². The normalized spacial score (nSPS) is 17.3. The highest BCUT2D eigenvalue weighted by Crippen LogP contribution is 2.26. The molecule has 0 aromatic heterocycles. The summed E-state index contributed by atoms with van der Waals surface area (Å²) in [6.45, 7) is 8.75. The van der Waals surface area contributed by atoms with Crippen molar-refractivity contribution >= 4 is 5.97 Å². The standard InChI is InChI=1S/C26H35N3O4/c1-25(2,3)33-24(30)14-15-26(29(31)32)20-27(18-22-10-6-4-7-11-22)16-17-28(21-26)19-23-12-8-5-9-13-23/h4-13H,14-21H2,1-3H3. The van der Waals surface area contributed by atoms with Crippen LogP contribution in [0.3, 0.4) is 0 Å². The van der Waals surface area contributed by atoms with Gasteiger partial charge in [0.25, 0.3) is 0 Å². The van der Waals surface area contributed by atoms with Crippen molar-refractivity contribution in [3.8, 4) is 0 Å². The maximum Gasteiger partial charge on any atom is 0.306 e. The molecule has 3 rings (SSSR count). The molecule has 1 saturated heterocycles. The lowest BCUT2D eigenvalue weighted by molar-refractivity contribution is -0.571. The molecule has 2 aromatic rings. The number of ether oxygens (including phenoxy) is 1. The first kappa shape index (κ1) is 24.9. The van der Waals surface area contributed by atoms with E-state index in [-0.39, 0.29) is 17.8 Å². The van der Waals surface area contributed by atoms with Gasteiger partial charge >= 0.3 is 5.97 Å². The van der Waals surface area contributed by atoms with Gasteiger partial charge in [0, 0.05) is 37.5 Å². The van der Waals surface area contributed by atoms with Gasteiger partial charge in [-0.25, -0.2) is 0 Å². The predicted octanol–water partition coefficient (Wildman–Crippen LogP) is 4.14. The zero-order valence-electron chi connectivity index (χ0n) is 19.9. The fourth-order valence-electron chi connectivity index (χ4n) is 4.37. The molecule has 7 nitrogen and oxygen atoms in total. The zero-order valence-corrected chi connectivity index (χ0v) is 19.9. The monoisotopic (exact) mass is 453 g/mol. The van der Waals surface area contributed by atoms with Gasteiger partial charge in [-0.1, -0.05) is 60.7 Å². The van der Waals surface area contributed by atoms with Crippen LogP contribution in [-0.4, -0.2) is 58.0 Å². The van der Waals surface area contributed by atoms with Crippen LogP contribution >= 0.6 is 0 Å². The second kappa shape index (κ2) is 10.9.